The van der Waals surface area contributed by atoms with Crippen LogP contribution in [0, 0.1) is 0 Å². The molecule has 0 radical (unpaired) electrons. The van der Waals surface area contributed by atoms with Crippen LogP contribution in [0.2, 0.25) is 0 Å². The maximum Gasteiger partial charge on any atom is 0.250 e. The van der Waals surface area contributed by atoms with Crippen molar-refractivity contribution in [2.24, 2.45) is 0 Å². The van der Waals surface area contributed by atoms with Crippen molar-refractivity contribution in [1.82, 2.24) is 10.2 Å². The van der Waals surface area contributed by atoms with Gasteiger partial charge in [-0.05, 0) is 18.4 Å². The van der Waals surface area contributed by atoms with Gasteiger partial charge in [0.05, 0.1) is 6.54 Å². The molecule has 19 heavy (non-hydrogen) atoms. The summed E-state index contributed by atoms with van der Waals surface area (Å²) in [6, 6.07) is 9.01. The van der Waals surface area contributed by atoms with E-state index in [4.69, 9.17) is 0 Å². The summed E-state index contributed by atoms with van der Waals surface area (Å²) in [6.07, 6.45) is 1.74. The molecule has 0 spiro atoms. The number of hydrogen-bond donors (Lipinski definition) is 1. The Morgan fingerprint density at radius 1 is 1.21 bits per heavy atom. The number of piperazine rings is 1. The molecule has 2 amide bonds. The van der Waals surface area contributed by atoms with Gasteiger partial charge in [-0.1, -0.05) is 44.2 Å². The van der Waals surface area contributed by atoms with Gasteiger partial charge < -0.3 is 10.2 Å². The highest BCUT2D eigenvalue weighted by Crippen LogP contribution is 2.22. The van der Waals surface area contributed by atoms with E-state index in [2.05, 4.69) is 5.32 Å². The molecule has 1 aliphatic heterocycles. The van der Waals surface area contributed by atoms with Crippen LogP contribution >= 0.6 is 0 Å². The zero-order valence-electron chi connectivity index (χ0n) is 11.4. The maximum atomic E-state index is 12.5. The molecule has 1 heterocycles. The summed E-state index contributed by atoms with van der Waals surface area (Å²) in [7, 11) is 0. The lowest BCUT2D eigenvalue weighted by molar-refractivity contribution is -0.147. The molecule has 1 unspecified atom stereocenters. The van der Waals surface area contributed by atoms with Crippen molar-refractivity contribution in [2.75, 3.05) is 6.54 Å². The molecular weight excluding hydrogens is 240 g/mol. The Kier molecular flexibility index (Phi) is 4.20. The molecule has 1 N–H and O–H groups in total. The van der Waals surface area contributed by atoms with Crippen LogP contribution in [-0.4, -0.2) is 29.3 Å². The molecule has 1 atom stereocenters. The minimum atomic E-state index is -0.539. The zero-order valence-corrected chi connectivity index (χ0v) is 11.4. The third-order valence-corrected chi connectivity index (χ3v) is 3.67. The summed E-state index contributed by atoms with van der Waals surface area (Å²) in [5.41, 5.74) is 0.844. The maximum absolute atomic E-state index is 12.5. The minimum absolute atomic E-state index is 0.000463. The van der Waals surface area contributed by atoms with Gasteiger partial charge in [-0.25, -0.2) is 0 Å². The second-order valence-corrected chi connectivity index (χ2v) is 4.85. The average molecular weight is 260 g/mol. The number of hydrogen-bond acceptors (Lipinski definition) is 2. The van der Waals surface area contributed by atoms with Gasteiger partial charge in [-0.3, -0.25) is 9.59 Å². The summed E-state index contributed by atoms with van der Waals surface area (Å²) < 4.78 is 0. The Morgan fingerprint density at radius 2 is 1.84 bits per heavy atom. The summed E-state index contributed by atoms with van der Waals surface area (Å²) in [6.45, 7) is 4.27. The van der Waals surface area contributed by atoms with Gasteiger partial charge in [0.1, 0.15) is 6.04 Å². The zero-order chi connectivity index (χ0) is 13.8. The normalized spacial score (nSPS) is 19.7. The molecule has 1 aliphatic rings. The van der Waals surface area contributed by atoms with Gasteiger partial charge in [-0.2, -0.15) is 0 Å². The number of carbonyl (C=O) groups is 2. The standard InChI is InChI=1S/C15H20N2O2/c1-3-12(4-2)17-10-13(18)16-14(15(17)19)11-8-6-5-7-9-11/h5-9,12,14H,3-4,10H2,1-2H3,(H,16,18). The highest BCUT2D eigenvalue weighted by atomic mass is 16.2. The molecule has 0 aliphatic carbocycles. The molecule has 0 saturated carbocycles. The number of carbonyl (C=O) groups excluding carboxylic acids is 2. The minimum Gasteiger partial charge on any atom is -0.339 e. The van der Waals surface area contributed by atoms with Crippen LogP contribution in [0.1, 0.15) is 38.3 Å². The highest BCUT2D eigenvalue weighted by molar-refractivity contribution is 5.95. The molecule has 102 valence electrons. The Hall–Kier alpha value is -1.84. The molecule has 1 fully saturated rings. The Balaban J connectivity index is 2.26. The first-order valence-corrected chi connectivity index (χ1v) is 6.82. The predicted octanol–water partition coefficient (Wildman–Crippen LogP) is 1.87. The second kappa shape index (κ2) is 5.87. The van der Waals surface area contributed by atoms with Crippen molar-refractivity contribution in [3.8, 4) is 0 Å². The van der Waals surface area contributed by atoms with Crippen molar-refractivity contribution in [3.63, 3.8) is 0 Å². The van der Waals surface area contributed by atoms with Crippen molar-refractivity contribution >= 4 is 11.8 Å². The number of benzene rings is 1. The predicted molar refractivity (Wildman–Crippen MR) is 73.4 cm³/mol. The third kappa shape index (κ3) is 2.78. The van der Waals surface area contributed by atoms with Gasteiger partial charge in [-0.15, -0.1) is 0 Å². The smallest absolute Gasteiger partial charge is 0.250 e. The van der Waals surface area contributed by atoms with Crippen LogP contribution in [0.5, 0.6) is 0 Å². The van der Waals surface area contributed by atoms with E-state index in [0.717, 1.165) is 18.4 Å². The average Bonchev–Trinajstić information content (AvgIpc) is 2.44. The Bertz CT molecular complexity index is 454. The number of amides is 2. The molecule has 0 aromatic heterocycles. The van der Waals surface area contributed by atoms with Crippen LogP contribution in [0.15, 0.2) is 30.3 Å². The summed E-state index contributed by atoms with van der Waals surface area (Å²) in [5.74, 6) is -0.0835. The van der Waals surface area contributed by atoms with Crippen LogP contribution in [0.3, 0.4) is 0 Å². The molecule has 1 aromatic carbocycles. The number of nitrogens with zero attached hydrogens (tertiary/aromatic N) is 1. The van der Waals surface area contributed by atoms with Crippen molar-refractivity contribution < 1.29 is 9.59 Å². The molecular formula is C15H20N2O2. The lowest BCUT2D eigenvalue weighted by atomic mass is 10.0. The largest absolute Gasteiger partial charge is 0.339 e. The van der Waals surface area contributed by atoms with Crippen molar-refractivity contribution in [3.05, 3.63) is 35.9 Å². The van der Waals surface area contributed by atoms with Gasteiger partial charge in [0, 0.05) is 6.04 Å². The van der Waals surface area contributed by atoms with Gasteiger partial charge >= 0.3 is 0 Å². The molecule has 1 saturated heterocycles. The fraction of sp³-hybridized carbons (Fsp3) is 0.467. The summed E-state index contributed by atoms with van der Waals surface area (Å²) in [4.78, 5) is 26.1. The van der Waals surface area contributed by atoms with Gasteiger partial charge in [0.25, 0.3) is 5.91 Å². The first-order chi connectivity index (χ1) is 9.17. The van der Waals surface area contributed by atoms with E-state index in [9.17, 15) is 9.59 Å². The lowest BCUT2D eigenvalue weighted by Gasteiger charge is -2.37. The van der Waals surface area contributed by atoms with E-state index in [0.29, 0.717) is 0 Å². The van der Waals surface area contributed by atoms with Gasteiger partial charge in [0.15, 0.2) is 0 Å². The van der Waals surface area contributed by atoms with Crippen LogP contribution in [-0.2, 0) is 9.59 Å². The first-order valence-electron chi connectivity index (χ1n) is 6.82. The first kappa shape index (κ1) is 13.6. The molecule has 0 bridgehead atoms. The molecule has 2 rings (SSSR count). The van der Waals surface area contributed by atoms with Gasteiger partial charge in [0.2, 0.25) is 5.91 Å². The Labute approximate surface area is 113 Å². The number of rotatable bonds is 4. The fourth-order valence-corrected chi connectivity index (χ4v) is 2.58. The van der Waals surface area contributed by atoms with E-state index in [-0.39, 0.29) is 24.4 Å². The SMILES string of the molecule is CCC(CC)N1CC(=O)NC(c2ccccc2)C1=O. The molecule has 4 nitrogen and oxygen atoms in total. The van der Waals surface area contributed by atoms with E-state index in [1.807, 2.05) is 44.2 Å². The molecule has 4 heteroatoms. The van der Waals surface area contributed by atoms with Crippen molar-refractivity contribution in [2.45, 2.75) is 38.8 Å². The number of nitrogens with one attached hydrogen (secondary N) is 1. The third-order valence-electron chi connectivity index (χ3n) is 3.67. The van der Waals surface area contributed by atoms with E-state index in [1.54, 1.807) is 4.90 Å². The van der Waals surface area contributed by atoms with Crippen LogP contribution in [0.4, 0.5) is 0 Å². The van der Waals surface area contributed by atoms with Crippen LogP contribution < -0.4 is 5.32 Å². The summed E-state index contributed by atoms with van der Waals surface area (Å²) in [5, 5.41) is 2.79. The highest BCUT2D eigenvalue weighted by Gasteiger charge is 2.36. The van der Waals surface area contributed by atoms with E-state index in [1.165, 1.54) is 0 Å². The second-order valence-electron chi connectivity index (χ2n) is 4.85. The fourth-order valence-electron chi connectivity index (χ4n) is 2.58. The topological polar surface area (TPSA) is 49.4 Å². The molecule has 1 aromatic rings. The van der Waals surface area contributed by atoms with E-state index >= 15 is 0 Å². The van der Waals surface area contributed by atoms with Crippen LogP contribution in [0.25, 0.3) is 0 Å². The Morgan fingerprint density at radius 3 is 2.42 bits per heavy atom. The van der Waals surface area contributed by atoms with E-state index < -0.39 is 6.04 Å². The summed E-state index contributed by atoms with van der Waals surface area (Å²) >= 11 is 0. The lowest BCUT2D eigenvalue weighted by Crippen LogP contribution is -2.56. The monoisotopic (exact) mass is 260 g/mol. The van der Waals surface area contributed by atoms with Crippen molar-refractivity contribution in [1.29, 1.82) is 0 Å². The quantitative estimate of drug-likeness (QED) is 0.898.